The highest BCUT2D eigenvalue weighted by atomic mass is 32.2. The second-order valence-corrected chi connectivity index (χ2v) is 6.89. The van der Waals surface area contributed by atoms with Gasteiger partial charge in [-0.1, -0.05) is 29.8 Å². The van der Waals surface area contributed by atoms with Crippen LogP contribution in [0.2, 0.25) is 0 Å². The number of hydrogen-bond donors (Lipinski definition) is 1. The van der Waals surface area contributed by atoms with E-state index in [9.17, 15) is 12.8 Å². The molecule has 2 aromatic carbocycles. The Morgan fingerprint density at radius 1 is 1.09 bits per heavy atom. The molecule has 6 heteroatoms. The maximum Gasteiger partial charge on any atom is 0.276 e. The van der Waals surface area contributed by atoms with E-state index in [1.165, 1.54) is 18.2 Å². The molecule has 0 aliphatic heterocycles. The molecule has 0 unspecified atom stereocenters. The van der Waals surface area contributed by atoms with Gasteiger partial charge in [-0.05, 0) is 43.5 Å². The minimum absolute atomic E-state index is 0.153. The lowest BCUT2D eigenvalue weighted by molar-refractivity contribution is 0.584. The van der Waals surface area contributed by atoms with Gasteiger partial charge in [-0.25, -0.2) is 4.39 Å². The van der Waals surface area contributed by atoms with Crippen LogP contribution in [0.5, 0.6) is 0 Å². The van der Waals surface area contributed by atoms with Crippen molar-refractivity contribution in [1.29, 1.82) is 0 Å². The fraction of sp³-hybridized carbons (Fsp3) is 0.188. The third-order valence-corrected chi connectivity index (χ3v) is 4.90. The fourth-order valence-corrected chi connectivity index (χ4v) is 3.29. The zero-order valence-electron chi connectivity index (χ0n) is 12.0. The number of sulfonamides is 1. The maximum absolute atomic E-state index is 13.6. The van der Waals surface area contributed by atoms with Crippen LogP contribution in [0, 0.1) is 12.7 Å². The Labute approximate surface area is 128 Å². The Balaban J connectivity index is 1.87. The van der Waals surface area contributed by atoms with Crippen LogP contribution in [0.25, 0.3) is 0 Å². The van der Waals surface area contributed by atoms with Crippen molar-refractivity contribution < 1.29 is 12.8 Å². The molecule has 0 spiro atoms. The first-order chi connectivity index (χ1) is 10.5. The molecule has 1 aliphatic carbocycles. The quantitative estimate of drug-likeness (QED) is 0.885. The molecule has 1 aliphatic rings. The van der Waals surface area contributed by atoms with Gasteiger partial charge in [0.25, 0.3) is 10.0 Å². The Bertz CT molecular complexity index is 843. The lowest BCUT2D eigenvalue weighted by Gasteiger charge is -2.05. The van der Waals surface area contributed by atoms with Crippen LogP contribution >= 0.6 is 0 Å². The standard InChI is InChI=1S/C16H15FN2O2S/c1-11-5-7-12(8-6-11)22(20,21)19-18-16-10-9-13-14(16)3-2-4-15(13)17/h2-8,19H,9-10H2,1H3. The Morgan fingerprint density at radius 3 is 2.55 bits per heavy atom. The smallest absolute Gasteiger partial charge is 0.207 e. The first-order valence-electron chi connectivity index (χ1n) is 6.90. The van der Waals surface area contributed by atoms with Crippen molar-refractivity contribution >= 4 is 15.7 Å². The summed E-state index contributed by atoms with van der Waals surface area (Å²) in [5.74, 6) is -0.274. The number of fused-ring (bicyclic) bond motifs is 1. The van der Waals surface area contributed by atoms with Gasteiger partial charge in [-0.15, -0.1) is 0 Å². The molecule has 0 atom stereocenters. The van der Waals surface area contributed by atoms with Crippen molar-refractivity contribution in [3.63, 3.8) is 0 Å². The van der Waals surface area contributed by atoms with E-state index in [2.05, 4.69) is 9.93 Å². The number of hydrazone groups is 1. The lowest BCUT2D eigenvalue weighted by atomic mass is 10.1. The van der Waals surface area contributed by atoms with Gasteiger partial charge in [0.15, 0.2) is 0 Å². The molecule has 0 heterocycles. The second-order valence-electron chi connectivity index (χ2n) is 5.23. The molecule has 1 N–H and O–H groups in total. The second kappa shape index (κ2) is 5.53. The molecule has 0 saturated carbocycles. The maximum atomic E-state index is 13.6. The zero-order valence-corrected chi connectivity index (χ0v) is 12.8. The molecule has 0 saturated heterocycles. The summed E-state index contributed by atoms with van der Waals surface area (Å²) in [6.07, 6.45) is 1.06. The molecular formula is C16H15FN2O2S. The van der Waals surface area contributed by atoms with Crippen molar-refractivity contribution in [2.24, 2.45) is 5.10 Å². The first-order valence-corrected chi connectivity index (χ1v) is 8.38. The average molecular weight is 318 g/mol. The van der Waals surface area contributed by atoms with E-state index in [0.29, 0.717) is 29.7 Å². The van der Waals surface area contributed by atoms with E-state index < -0.39 is 10.0 Å². The molecule has 114 valence electrons. The van der Waals surface area contributed by atoms with E-state index in [0.717, 1.165) is 5.56 Å². The fourth-order valence-electron chi connectivity index (χ4n) is 2.46. The van der Waals surface area contributed by atoms with E-state index in [-0.39, 0.29) is 10.7 Å². The Morgan fingerprint density at radius 2 is 1.82 bits per heavy atom. The van der Waals surface area contributed by atoms with Crippen LogP contribution in [-0.2, 0) is 16.4 Å². The summed E-state index contributed by atoms with van der Waals surface area (Å²) >= 11 is 0. The molecule has 0 fully saturated rings. The van der Waals surface area contributed by atoms with Crippen LogP contribution in [0.4, 0.5) is 4.39 Å². The monoisotopic (exact) mass is 318 g/mol. The van der Waals surface area contributed by atoms with Gasteiger partial charge >= 0.3 is 0 Å². The van der Waals surface area contributed by atoms with Gasteiger partial charge in [0.2, 0.25) is 0 Å². The summed E-state index contributed by atoms with van der Waals surface area (Å²) in [5.41, 5.74) is 2.80. The van der Waals surface area contributed by atoms with Crippen LogP contribution in [0.15, 0.2) is 52.5 Å². The van der Waals surface area contributed by atoms with Gasteiger partial charge in [0.05, 0.1) is 10.6 Å². The minimum Gasteiger partial charge on any atom is -0.207 e. The van der Waals surface area contributed by atoms with Crippen LogP contribution in [0.3, 0.4) is 0 Å². The Hall–Kier alpha value is -2.21. The van der Waals surface area contributed by atoms with Crippen LogP contribution in [-0.4, -0.2) is 14.1 Å². The third kappa shape index (κ3) is 2.74. The van der Waals surface area contributed by atoms with Crippen LogP contribution < -0.4 is 4.83 Å². The number of benzene rings is 2. The summed E-state index contributed by atoms with van der Waals surface area (Å²) in [6.45, 7) is 1.88. The predicted molar refractivity (Wildman–Crippen MR) is 82.8 cm³/mol. The van der Waals surface area contributed by atoms with Crippen molar-refractivity contribution in [3.05, 3.63) is 65.0 Å². The number of halogens is 1. The SMILES string of the molecule is Cc1ccc(S(=O)(=O)NN=C2CCc3c(F)cccc32)cc1. The third-order valence-electron chi connectivity index (χ3n) is 3.67. The normalized spacial score (nSPS) is 15.8. The summed E-state index contributed by atoms with van der Waals surface area (Å²) in [6, 6.07) is 11.3. The van der Waals surface area contributed by atoms with Crippen molar-refractivity contribution in [3.8, 4) is 0 Å². The first kappa shape index (κ1) is 14.7. The largest absolute Gasteiger partial charge is 0.276 e. The van der Waals surface area contributed by atoms with Gasteiger partial charge in [0.1, 0.15) is 5.82 Å². The molecule has 0 aromatic heterocycles. The number of nitrogens with one attached hydrogen (secondary N) is 1. The number of nitrogens with zero attached hydrogens (tertiary/aromatic N) is 1. The van der Waals surface area contributed by atoms with Crippen molar-refractivity contribution in [1.82, 2.24) is 4.83 Å². The van der Waals surface area contributed by atoms with Crippen LogP contribution in [0.1, 0.15) is 23.1 Å². The summed E-state index contributed by atoms with van der Waals surface area (Å²) < 4.78 is 38.0. The van der Waals surface area contributed by atoms with Crippen molar-refractivity contribution in [2.45, 2.75) is 24.7 Å². The summed E-state index contributed by atoms with van der Waals surface area (Å²) in [7, 11) is -3.71. The highest BCUT2D eigenvalue weighted by molar-refractivity contribution is 7.89. The lowest BCUT2D eigenvalue weighted by Crippen LogP contribution is -2.20. The topological polar surface area (TPSA) is 58.5 Å². The molecule has 2 aromatic rings. The molecule has 0 amide bonds. The Kier molecular flexibility index (Phi) is 3.70. The molecule has 22 heavy (non-hydrogen) atoms. The van der Waals surface area contributed by atoms with E-state index in [1.54, 1.807) is 24.3 Å². The molecule has 0 bridgehead atoms. The highest BCUT2D eigenvalue weighted by Crippen LogP contribution is 2.25. The molecule has 0 radical (unpaired) electrons. The van der Waals surface area contributed by atoms with E-state index in [1.807, 2.05) is 6.92 Å². The highest BCUT2D eigenvalue weighted by Gasteiger charge is 2.22. The molecular weight excluding hydrogens is 303 g/mol. The van der Waals surface area contributed by atoms with Crippen molar-refractivity contribution in [2.75, 3.05) is 0 Å². The molecule has 3 rings (SSSR count). The van der Waals surface area contributed by atoms with Gasteiger partial charge in [-0.2, -0.15) is 18.4 Å². The predicted octanol–water partition coefficient (Wildman–Crippen LogP) is 2.76. The van der Waals surface area contributed by atoms with E-state index in [4.69, 9.17) is 0 Å². The number of hydrogen-bond acceptors (Lipinski definition) is 3. The van der Waals surface area contributed by atoms with Gasteiger partial charge in [-0.3, -0.25) is 0 Å². The average Bonchev–Trinajstić information content (AvgIpc) is 2.90. The number of aryl methyl sites for hydroxylation is 1. The summed E-state index contributed by atoms with van der Waals surface area (Å²) in [4.78, 5) is 2.39. The number of rotatable bonds is 3. The van der Waals surface area contributed by atoms with E-state index >= 15 is 0 Å². The summed E-state index contributed by atoms with van der Waals surface area (Å²) in [5, 5.41) is 3.99. The molecule has 4 nitrogen and oxygen atoms in total. The minimum atomic E-state index is -3.71. The van der Waals surface area contributed by atoms with Gasteiger partial charge in [0, 0.05) is 5.56 Å². The zero-order chi connectivity index (χ0) is 15.7. The van der Waals surface area contributed by atoms with Gasteiger partial charge < -0.3 is 0 Å².